The van der Waals surface area contributed by atoms with Crippen molar-refractivity contribution >= 4 is 94.5 Å². The van der Waals surface area contributed by atoms with Gasteiger partial charge in [0.15, 0.2) is 0 Å². The van der Waals surface area contributed by atoms with Crippen molar-refractivity contribution in [1.82, 2.24) is 28.2 Å². The van der Waals surface area contributed by atoms with Crippen LogP contribution in [0.1, 0.15) is 38.9 Å². The Hall–Kier alpha value is -9.44. The first-order valence-electron chi connectivity index (χ1n) is 24.9. The highest BCUT2D eigenvalue weighted by Gasteiger charge is 2.44. The Bertz CT molecular complexity index is 4450. The van der Waals surface area contributed by atoms with Crippen molar-refractivity contribution in [2.24, 2.45) is 0 Å². The van der Waals surface area contributed by atoms with Gasteiger partial charge in [-0.1, -0.05) is 121 Å². The topological polar surface area (TPSA) is 73.7 Å². The summed E-state index contributed by atoms with van der Waals surface area (Å²) < 4.78 is 9.53. The van der Waals surface area contributed by atoms with Crippen molar-refractivity contribution < 1.29 is 0 Å². The quantitative estimate of drug-likeness (QED) is 0.130. The van der Waals surface area contributed by atoms with Crippen LogP contribution in [0.5, 0.6) is 0 Å². The van der Waals surface area contributed by atoms with Crippen molar-refractivity contribution in [3.05, 3.63) is 202 Å². The van der Waals surface area contributed by atoms with E-state index in [1.54, 1.807) is 0 Å². The molecule has 0 saturated heterocycles. The molecule has 13 aromatic rings. The summed E-state index contributed by atoms with van der Waals surface area (Å²) in [6, 6.07) is 56.5. The molecule has 2 aliphatic rings. The minimum absolute atomic E-state index is 0.232. The molecule has 0 saturated carbocycles. The Balaban J connectivity index is 1.18. The maximum absolute atomic E-state index is 10.8. The third-order valence-corrected chi connectivity index (χ3v) is 16.2. The molecular formula is C64H43BN8. The summed E-state index contributed by atoms with van der Waals surface area (Å²) in [5, 5.41) is 15.1. The minimum Gasteiger partial charge on any atom is -0.317 e. The van der Waals surface area contributed by atoms with E-state index in [-0.39, 0.29) is 6.71 Å². The molecule has 0 unspecified atom stereocenters. The number of nitriles is 1. The number of benzene rings is 9. The number of aryl methyl sites for hydroxylation is 6. The van der Waals surface area contributed by atoms with Crippen LogP contribution in [0.25, 0.3) is 116 Å². The first-order chi connectivity index (χ1) is 35.7. The Kier molecular flexibility index (Phi) is 8.26. The summed E-state index contributed by atoms with van der Waals surface area (Å²) in [4.78, 5) is 16.0. The number of imidazole rings is 2. The maximum atomic E-state index is 10.8. The normalized spacial score (nSPS) is 12.5. The Morgan fingerprint density at radius 1 is 0.466 bits per heavy atom. The molecule has 0 bridgehead atoms. The van der Waals surface area contributed by atoms with Crippen LogP contribution in [-0.2, 0) is 0 Å². The fourth-order valence-electron chi connectivity index (χ4n) is 13.3. The van der Waals surface area contributed by atoms with E-state index in [0.717, 1.165) is 145 Å². The molecule has 0 spiro atoms. The first kappa shape index (κ1) is 41.4. The van der Waals surface area contributed by atoms with Crippen molar-refractivity contribution in [1.29, 1.82) is 5.26 Å². The van der Waals surface area contributed by atoms with Crippen molar-refractivity contribution in [3.8, 4) is 51.6 Å². The van der Waals surface area contributed by atoms with Crippen molar-refractivity contribution in [2.45, 2.75) is 41.5 Å². The SMILES string of the molecule is [C-]#[N+]c1cccc(C)c1-n1c2ccccc2c2cc3c4c(nc(-c5c(C)cccc5C)n4-c4cccc5c4B3c3cc4c6ccccc6n(-c6c(C)cccc6C#N)c4c4nc(-c6c(C)cccc6C)n-5c34)c21. The van der Waals surface area contributed by atoms with Crippen LogP contribution in [0.4, 0.5) is 5.69 Å². The van der Waals surface area contributed by atoms with E-state index >= 15 is 0 Å². The van der Waals surface area contributed by atoms with Crippen LogP contribution < -0.4 is 16.4 Å². The molecule has 0 atom stereocenters. The van der Waals surface area contributed by atoms with Crippen molar-refractivity contribution in [3.63, 3.8) is 0 Å². The third-order valence-electron chi connectivity index (χ3n) is 16.2. The molecule has 0 fully saturated rings. The number of fused-ring (bicyclic) bond motifs is 12. The molecule has 342 valence electrons. The molecular weight excluding hydrogens is 892 g/mol. The average Bonchev–Trinajstić information content (AvgIpc) is 4.15. The highest BCUT2D eigenvalue weighted by molar-refractivity contribution is 7.00. The van der Waals surface area contributed by atoms with Crippen LogP contribution >= 0.6 is 0 Å². The van der Waals surface area contributed by atoms with Gasteiger partial charge in [-0.3, -0.25) is 9.13 Å². The second-order valence-corrected chi connectivity index (χ2v) is 20.2. The van der Waals surface area contributed by atoms with Gasteiger partial charge >= 0.3 is 0 Å². The summed E-state index contributed by atoms with van der Waals surface area (Å²) in [5.41, 5.74) is 25.4. The third kappa shape index (κ3) is 5.18. The Morgan fingerprint density at radius 3 is 1.41 bits per heavy atom. The zero-order valence-corrected chi connectivity index (χ0v) is 41.1. The number of hydrogen-bond acceptors (Lipinski definition) is 3. The summed E-state index contributed by atoms with van der Waals surface area (Å²) in [5.74, 6) is 1.77. The van der Waals surface area contributed by atoms with E-state index in [1.165, 1.54) is 16.4 Å². The standard InChI is InChI=1S/C64H43BN8/c1-34-17-12-18-35(2)52(34)63-68-55-59-43(41-24-8-10-27-48(41)70(59)57-38(5)21-14-23-40(57)33-66)31-45-61(55)72(63)50-29-16-30-51-54(50)65(45)46-32-44-42-25-9-11-28-49(42)71(58-39(6)22-15-26-47(58)67-7)60(44)56-62(46)73(51)64(69-56)53-36(3)19-13-20-37(53)4/h8-32H,1-6H3. The fraction of sp³-hybridized carbons (Fsp3) is 0.0938. The lowest BCUT2D eigenvalue weighted by atomic mass is 9.34. The summed E-state index contributed by atoms with van der Waals surface area (Å²) in [7, 11) is 0. The molecule has 2 aliphatic heterocycles. The first-order valence-corrected chi connectivity index (χ1v) is 24.9. The Labute approximate surface area is 421 Å². The van der Waals surface area contributed by atoms with Crippen molar-refractivity contribution in [2.75, 3.05) is 0 Å². The van der Waals surface area contributed by atoms with Gasteiger partial charge in [0.25, 0.3) is 6.71 Å². The molecule has 15 rings (SSSR count). The van der Waals surface area contributed by atoms with E-state index in [4.69, 9.17) is 16.5 Å². The van der Waals surface area contributed by atoms with E-state index in [2.05, 4.69) is 198 Å². The van der Waals surface area contributed by atoms with Gasteiger partial charge < -0.3 is 9.13 Å². The largest absolute Gasteiger partial charge is 0.317 e. The molecule has 9 heteroatoms. The lowest BCUT2D eigenvalue weighted by Crippen LogP contribution is -2.59. The average molecular weight is 935 g/mol. The molecule has 8 nitrogen and oxygen atoms in total. The number of aromatic nitrogens is 6. The van der Waals surface area contributed by atoms with Crippen LogP contribution in [0.15, 0.2) is 152 Å². The maximum Gasteiger partial charge on any atom is 0.252 e. The van der Waals surface area contributed by atoms with E-state index < -0.39 is 0 Å². The predicted molar refractivity (Wildman–Crippen MR) is 299 cm³/mol. The Morgan fingerprint density at radius 2 is 0.904 bits per heavy atom. The zero-order chi connectivity index (χ0) is 49.3. The predicted octanol–water partition coefficient (Wildman–Crippen LogP) is 13.3. The van der Waals surface area contributed by atoms with Gasteiger partial charge in [-0.05, 0) is 122 Å². The van der Waals surface area contributed by atoms with Crippen LogP contribution in [0.3, 0.4) is 0 Å². The molecule has 9 aromatic carbocycles. The molecule has 4 aromatic heterocycles. The smallest absolute Gasteiger partial charge is 0.252 e. The summed E-state index contributed by atoms with van der Waals surface area (Å²) in [6.07, 6.45) is 0. The van der Waals surface area contributed by atoms with Gasteiger partial charge in [0.2, 0.25) is 5.69 Å². The molecule has 0 radical (unpaired) electrons. The van der Waals surface area contributed by atoms with Crippen LogP contribution in [-0.4, -0.2) is 34.9 Å². The zero-order valence-electron chi connectivity index (χ0n) is 41.1. The van der Waals surface area contributed by atoms with Crippen LogP contribution in [0.2, 0.25) is 0 Å². The number of para-hydroxylation sites is 4. The van der Waals surface area contributed by atoms with E-state index in [9.17, 15) is 5.26 Å². The highest BCUT2D eigenvalue weighted by atomic mass is 15.1. The number of hydrogen-bond donors (Lipinski definition) is 0. The molecule has 73 heavy (non-hydrogen) atoms. The number of nitrogens with zero attached hydrogens (tertiary/aromatic N) is 8. The van der Waals surface area contributed by atoms with Gasteiger partial charge in [0, 0.05) is 44.0 Å². The molecule has 0 aliphatic carbocycles. The second kappa shape index (κ2) is 14.6. The van der Waals surface area contributed by atoms with Gasteiger partial charge in [0.05, 0.1) is 56.6 Å². The monoisotopic (exact) mass is 934 g/mol. The molecule has 0 N–H and O–H groups in total. The lowest BCUT2D eigenvalue weighted by Gasteiger charge is -2.34. The summed E-state index contributed by atoms with van der Waals surface area (Å²) in [6.45, 7) is 21.2. The lowest BCUT2D eigenvalue weighted by molar-refractivity contribution is 1.07. The van der Waals surface area contributed by atoms with Gasteiger partial charge in [-0.25, -0.2) is 14.8 Å². The minimum atomic E-state index is -0.232. The molecule has 0 amide bonds. The van der Waals surface area contributed by atoms with Gasteiger partial charge in [-0.2, -0.15) is 5.26 Å². The fourth-order valence-corrected chi connectivity index (χ4v) is 13.3. The van der Waals surface area contributed by atoms with E-state index in [0.29, 0.717) is 11.3 Å². The number of rotatable bonds is 4. The van der Waals surface area contributed by atoms with Gasteiger partial charge in [-0.15, -0.1) is 0 Å². The second-order valence-electron chi connectivity index (χ2n) is 20.2. The summed E-state index contributed by atoms with van der Waals surface area (Å²) >= 11 is 0. The van der Waals surface area contributed by atoms with E-state index in [1.807, 2.05) is 24.3 Å². The highest BCUT2D eigenvalue weighted by Crippen LogP contribution is 2.46. The molecule has 6 heterocycles. The van der Waals surface area contributed by atoms with Gasteiger partial charge in [0.1, 0.15) is 28.8 Å². The van der Waals surface area contributed by atoms with Crippen LogP contribution in [0, 0.1) is 59.4 Å².